The number of nitrogens with one attached hydrogen (secondary N) is 1. The van der Waals surface area contributed by atoms with Gasteiger partial charge >= 0.3 is 12.2 Å². The molecule has 9 rings (SSSR count). The fourth-order valence-electron chi connectivity index (χ4n) is 9.70. The molecule has 1 aromatic carbocycles. The lowest BCUT2D eigenvalue weighted by Gasteiger charge is -2.41. The van der Waals surface area contributed by atoms with Crippen molar-refractivity contribution in [1.29, 1.82) is 0 Å². The highest BCUT2D eigenvalue weighted by Gasteiger charge is 2.77. The largest absolute Gasteiger partial charge is 0.461 e. The van der Waals surface area contributed by atoms with Crippen LogP contribution in [0.25, 0.3) is 27.7 Å². The van der Waals surface area contributed by atoms with Gasteiger partial charge in [-0.25, -0.2) is 18.2 Å². The molecule has 3 N–H and O–H groups in total. The predicted molar refractivity (Wildman–Crippen MR) is 172 cm³/mol. The SMILES string of the molecule is C=C1C[C@H]2[C@@H]3CC[C@H](CN2c2nc(OC[C@@]45CCCN4C[C@]4(CC4(F)F)C5)nc4c(F)c(-c5nc(N)cc(C)c5C(F)(F)F)c(Cl)c1c24)N3. The lowest BCUT2D eigenvalue weighted by molar-refractivity contribution is -0.137. The Hall–Kier alpha value is -3.36. The van der Waals surface area contributed by atoms with Crippen molar-refractivity contribution >= 4 is 39.7 Å². The molecule has 1 spiro atoms. The molecule has 4 saturated heterocycles. The van der Waals surface area contributed by atoms with Crippen molar-refractivity contribution in [2.75, 3.05) is 36.9 Å². The van der Waals surface area contributed by atoms with E-state index < -0.39 is 45.7 Å². The monoisotopic (exact) mass is 705 g/mol. The summed E-state index contributed by atoms with van der Waals surface area (Å²) in [6.07, 6.45) is -1.07. The summed E-state index contributed by atoms with van der Waals surface area (Å²) < 4.78 is 96.0. The molecule has 15 heteroatoms. The van der Waals surface area contributed by atoms with Crippen molar-refractivity contribution in [3.8, 4) is 17.3 Å². The zero-order valence-electron chi connectivity index (χ0n) is 26.7. The van der Waals surface area contributed by atoms with Crippen LogP contribution in [-0.2, 0) is 6.18 Å². The van der Waals surface area contributed by atoms with Gasteiger partial charge in [-0.3, -0.25) is 4.90 Å². The summed E-state index contributed by atoms with van der Waals surface area (Å²) in [6.45, 7) is 7.05. The number of nitrogen functional groups attached to an aromatic ring is 1. The summed E-state index contributed by atoms with van der Waals surface area (Å²) >= 11 is 6.97. The second-order valence-electron chi connectivity index (χ2n) is 15.0. The number of halogens is 7. The minimum Gasteiger partial charge on any atom is -0.461 e. The number of alkyl halides is 5. The van der Waals surface area contributed by atoms with Gasteiger partial charge in [0.2, 0.25) is 0 Å². The highest BCUT2D eigenvalue weighted by atomic mass is 35.5. The van der Waals surface area contributed by atoms with Crippen molar-refractivity contribution in [1.82, 2.24) is 25.2 Å². The fourth-order valence-corrected chi connectivity index (χ4v) is 10.1. The topological polar surface area (TPSA) is 92.4 Å². The van der Waals surface area contributed by atoms with E-state index in [1.807, 2.05) is 0 Å². The number of benzene rings is 1. The van der Waals surface area contributed by atoms with E-state index in [9.17, 15) is 22.0 Å². The zero-order chi connectivity index (χ0) is 34.4. The average Bonchev–Trinajstić information content (AvgIpc) is 3.34. The number of hydrogen-bond donors (Lipinski definition) is 2. The van der Waals surface area contributed by atoms with E-state index in [4.69, 9.17) is 27.1 Å². The molecule has 3 aromatic rings. The molecule has 0 amide bonds. The van der Waals surface area contributed by atoms with Crippen molar-refractivity contribution in [2.45, 2.75) is 87.6 Å². The molecule has 49 heavy (non-hydrogen) atoms. The van der Waals surface area contributed by atoms with E-state index in [0.717, 1.165) is 25.3 Å². The molecule has 6 aliphatic rings. The Labute approximate surface area is 283 Å². The number of piperazine rings is 1. The van der Waals surface area contributed by atoms with Crippen LogP contribution in [0.1, 0.15) is 61.6 Å². The van der Waals surface area contributed by atoms with Crippen LogP contribution in [-0.4, -0.2) is 75.7 Å². The Kier molecular flexibility index (Phi) is 6.53. The molecular weight excluding hydrogens is 672 g/mol. The summed E-state index contributed by atoms with van der Waals surface area (Å²) in [4.78, 5) is 17.5. The van der Waals surface area contributed by atoms with Crippen LogP contribution in [0.15, 0.2) is 12.6 Å². The number of aryl methyl sites for hydroxylation is 1. The minimum atomic E-state index is -4.91. The normalized spacial score (nSPS) is 31.4. The van der Waals surface area contributed by atoms with E-state index in [2.05, 4.69) is 31.7 Å². The highest BCUT2D eigenvalue weighted by molar-refractivity contribution is 6.37. The first-order valence-corrected chi connectivity index (χ1v) is 17.0. The van der Waals surface area contributed by atoms with Crippen LogP contribution in [0.5, 0.6) is 6.01 Å². The van der Waals surface area contributed by atoms with E-state index >= 15 is 4.39 Å². The standard InChI is InChI=1S/C34H34ClF6N7O/c1-15-8-19-18-5-4-17(43-18)10-48(19)29-22-21(15)25(35)23(27-24(34(39,40)41)16(2)9-20(42)44-27)26(36)28(22)45-30(46-29)49-14-32-6-3-7-47(32)13-31(11-32)12-33(31,37)38/h9,17-19,43H,1,3-8,10-14H2,2H3,(H2,42,44)/t17-,18+,19+,31-,32+/m1/s1. The summed E-state index contributed by atoms with van der Waals surface area (Å²) in [5.74, 6) is -3.72. The second kappa shape index (κ2) is 10.1. The first-order chi connectivity index (χ1) is 23.1. The van der Waals surface area contributed by atoms with Crippen LogP contribution in [0.3, 0.4) is 0 Å². The number of rotatable bonds is 4. The molecule has 2 aromatic heterocycles. The third-order valence-electron chi connectivity index (χ3n) is 12.0. The molecule has 2 bridgehead atoms. The third kappa shape index (κ3) is 4.48. The molecule has 7 heterocycles. The van der Waals surface area contributed by atoms with Gasteiger partial charge in [-0.1, -0.05) is 18.2 Å². The minimum absolute atomic E-state index is 0.0157. The number of hydrogen-bond acceptors (Lipinski definition) is 8. The molecule has 260 valence electrons. The maximum absolute atomic E-state index is 17.1. The smallest absolute Gasteiger partial charge is 0.418 e. The van der Waals surface area contributed by atoms with Gasteiger partial charge in [-0.05, 0) is 69.2 Å². The van der Waals surface area contributed by atoms with Gasteiger partial charge in [-0.15, -0.1) is 0 Å². The molecule has 8 nitrogen and oxygen atoms in total. The zero-order valence-corrected chi connectivity index (χ0v) is 27.4. The lowest BCUT2D eigenvalue weighted by atomic mass is 9.89. The van der Waals surface area contributed by atoms with Gasteiger partial charge < -0.3 is 20.7 Å². The number of anilines is 2. The average molecular weight is 706 g/mol. The summed E-state index contributed by atoms with van der Waals surface area (Å²) in [5, 5.41) is 3.59. The number of pyridine rings is 1. The molecule has 1 aliphatic carbocycles. The van der Waals surface area contributed by atoms with Crippen molar-refractivity contribution < 1.29 is 31.1 Å². The van der Waals surface area contributed by atoms with Gasteiger partial charge in [0.15, 0.2) is 5.82 Å². The Morgan fingerprint density at radius 2 is 1.94 bits per heavy atom. The van der Waals surface area contributed by atoms with Gasteiger partial charge in [0.1, 0.15) is 23.8 Å². The van der Waals surface area contributed by atoms with E-state index in [-0.39, 0.29) is 83.0 Å². The van der Waals surface area contributed by atoms with Gasteiger partial charge in [0.05, 0.1) is 38.2 Å². The lowest BCUT2D eigenvalue weighted by Crippen LogP contribution is -2.58. The molecule has 5 fully saturated rings. The number of ether oxygens (including phenoxy) is 1. The molecule has 5 atom stereocenters. The van der Waals surface area contributed by atoms with Crippen LogP contribution >= 0.6 is 11.6 Å². The second-order valence-corrected chi connectivity index (χ2v) is 15.3. The Bertz CT molecular complexity index is 1970. The van der Waals surface area contributed by atoms with Gasteiger partial charge in [0.25, 0.3) is 5.92 Å². The van der Waals surface area contributed by atoms with E-state index in [0.29, 0.717) is 37.3 Å². The number of aromatic nitrogens is 3. The van der Waals surface area contributed by atoms with Gasteiger partial charge in [0, 0.05) is 43.2 Å². The van der Waals surface area contributed by atoms with E-state index in [1.165, 1.54) is 6.92 Å². The van der Waals surface area contributed by atoms with E-state index in [1.54, 1.807) is 0 Å². The van der Waals surface area contributed by atoms with Crippen LogP contribution in [0, 0.1) is 18.2 Å². The third-order valence-corrected chi connectivity index (χ3v) is 12.3. The number of nitrogens with two attached hydrogens (primary N) is 1. The van der Waals surface area contributed by atoms with Crippen molar-refractivity contribution in [3.63, 3.8) is 0 Å². The highest BCUT2D eigenvalue weighted by Crippen LogP contribution is 2.69. The maximum Gasteiger partial charge on any atom is 0.418 e. The number of fused-ring (bicyclic) bond motifs is 6. The molecular formula is C34H34ClF6N7O. The number of nitrogens with zero attached hydrogens (tertiary/aromatic N) is 5. The first kappa shape index (κ1) is 31.6. The van der Waals surface area contributed by atoms with Crippen LogP contribution in [0.2, 0.25) is 5.02 Å². The maximum atomic E-state index is 17.1. The molecule has 0 radical (unpaired) electrons. The summed E-state index contributed by atoms with van der Waals surface area (Å²) in [5.41, 5.74) is 1.97. The summed E-state index contributed by atoms with van der Waals surface area (Å²) in [6, 6.07) is 0.963. The Morgan fingerprint density at radius 1 is 1.16 bits per heavy atom. The molecule has 1 saturated carbocycles. The fraction of sp³-hybridized carbons (Fsp3) is 0.559. The molecule has 0 unspecified atom stereocenters. The van der Waals surface area contributed by atoms with Crippen LogP contribution < -0.4 is 20.7 Å². The van der Waals surface area contributed by atoms with Crippen molar-refractivity contribution in [3.05, 3.63) is 40.2 Å². The quantitative estimate of drug-likeness (QED) is 0.288. The Morgan fingerprint density at radius 3 is 2.67 bits per heavy atom. The first-order valence-electron chi connectivity index (χ1n) is 16.7. The Balaban J connectivity index is 1.24. The van der Waals surface area contributed by atoms with Gasteiger partial charge in [-0.2, -0.15) is 23.1 Å². The van der Waals surface area contributed by atoms with Crippen molar-refractivity contribution in [2.24, 2.45) is 5.41 Å². The summed E-state index contributed by atoms with van der Waals surface area (Å²) in [7, 11) is 0. The predicted octanol–water partition coefficient (Wildman–Crippen LogP) is 6.76. The van der Waals surface area contributed by atoms with Crippen LogP contribution in [0.4, 0.5) is 38.0 Å². The molecule has 5 aliphatic heterocycles.